The highest BCUT2D eigenvalue weighted by molar-refractivity contribution is 5.99. The Morgan fingerprint density at radius 2 is 2.12 bits per heavy atom. The summed E-state index contributed by atoms with van der Waals surface area (Å²) < 4.78 is 0. The third kappa shape index (κ3) is 2.11. The van der Waals surface area contributed by atoms with Crippen molar-refractivity contribution in [1.29, 1.82) is 0 Å². The maximum Gasteiger partial charge on any atom is 0.251 e. The molecule has 1 amide bonds. The molecule has 0 spiro atoms. The molecule has 82 valence electrons. The molecule has 0 saturated heterocycles. The van der Waals surface area contributed by atoms with Crippen molar-refractivity contribution in [1.82, 2.24) is 10.3 Å². The molecule has 16 heavy (non-hydrogen) atoms. The van der Waals surface area contributed by atoms with Gasteiger partial charge in [-0.1, -0.05) is 0 Å². The van der Waals surface area contributed by atoms with Gasteiger partial charge in [0.05, 0.1) is 6.54 Å². The Hall–Kier alpha value is -2.10. The Labute approximate surface area is 92.7 Å². The average Bonchev–Trinajstić information content (AvgIpc) is 2.72. The summed E-state index contributed by atoms with van der Waals surface area (Å²) >= 11 is 0. The minimum Gasteiger partial charge on any atom is -0.361 e. The number of fused-ring (bicyclic) bond motifs is 1. The molecule has 2 rings (SSSR count). The number of aromatic amines is 1. The van der Waals surface area contributed by atoms with Crippen LogP contribution in [0.2, 0.25) is 0 Å². The first-order valence-electron chi connectivity index (χ1n) is 5.01. The lowest BCUT2D eigenvalue weighted by molar-refractivity contribution is -0.116. The van der Waals surface area contributed by atoms with Crippen molar-refractivity contribution in [3.8, 4) is 0 Å². The van der Waals surface area contributed by atoms with Gasteiger partial charge < -0.3 is 10.3 Å². The van der Waals surface area contributed by atoms with E-state index in [2.05, 4.69) is 10.3 Å². The summed E-state index contributed by atoms with van der Waals surface area (Å²) in [4.78, 5) is 25.4. The largest absolute Gasteiger partial charge is 0.361 e. The minimum absolute atomic E-state index is 0.0592. The van der Waals surface area contributed by atoms with E-state index >= 15 is 0 Å². The highest BCUT2D eigenvalue weighted by Gasteiger charge is 2.06. The molecule has 4 nitrogen and oxygen atoms in total. The molecular formula is C12H12N2O2. The quantitative estimate of drug-likeness (QED) is 0.816. The van der Waals surface area contributed by atoms with Crippen molar-refractivity contribution in [3.63, 3.8) is 0 Å². The SMILES string of the molecule is CC(=O)CNC(=O)c1ccc2[nH]ccc2c1. The lowest BCUT2D eigenvalue weighted by atomic mass is 10.1. The van der Waals surface area contributed by atoms with Gasteiger partial charge in [0.2, 0.25) is 0 Å². The van der Waals surface area contributed by atoms with E-state index in [0.29, 0.717) is 5.56 Å². The molecule has 0 fully saturated rings. The normalized spacial score (nSPS) is 10.3. The number of Topliss-reactive ketones (excluding diaryl/α,β-unsaturated/α-hetero) is 1. The summed E-state index contributed by atoms with van der Waals surface area (Å²) in [6, 6.07) is 7.27. The van der Waals surface area contributed by atoms with Gasteiger partial charge in [-0.2, -0.15) is 0 Å². The first-order chi connectivity index (χ1) is 7.66. The molecule has 0 saturated carbocycles. The van der Waals surface area contributed by atoms with E-state index in [1.165, 1.54) is 6.92 Å². The fraction of sp³-hybridized carbons (Fsp3) is 0.167. The topological polar surface area (TPSA) is 62.0 Å². The van der Waals surface area contributed by atoms with Crippen LogP contribution in [-0.2, 0) is 4.79 Å². The van der Waals surface area contributed by atoms with E-state index in [9.17, 15) is 9.59 Å². The van der Waals surface area contributed by atoms with Crippen molar-refractivity contribution < 1.29 is 9.59 Å². The standard InChI is InChI=1S/C12H12N2O2/c1-8(15)7-14-12(16)10-2-3-11-9(6-10)4-5-13-11/h2-6,13H,7H2,1H3,(H,14,16). The molecule has 2 N–H and O–H groups in total. The van der Waals surface area contributed by atoms with Gasteiger partial charge in [0, 0.05) is 22.7 Å². The third-order valence-corrected chi connectivity index (χ3v) is 2.31. The van der Waals surface area contributed by atoms with Crippen molar-refractivity contribution in [2.75, 3.05) is 6.54 Å². The summed E-state index contributed by atoms with van der Waals surface area (Å²) in [7, 11) is 0. The van der Waals surface area contributed by atoms with Crippen LogP contribution in [0.25, 0.3) is 10.9 Å². The van der Waals surface area contributed by atoms with Crippen LogP contribution in [0.4, 0.5) is 0 Å². The number of nitrogens with one attached hydrogen (secondary N) is 2. The molecule has 2 aromatic rings. The molecule has 0 aliphatic carbocycles. The van der Waals surface area contributed by atoms with E-state index in [4.69, 9.17) is 0 Å². The van der Waals surface area contributed by atoms with Crippen LogP contribution >= 0.6 is 0 Å². The van der Waals surface area contributed by atoms with Gasteiger partial charge in [0.1, 0.15) is 5.78 Å². The number of carbonyl (C=O) groups excluding carboxylic acids is 2. The Morgan fingerprint density at radius 3 is 2.88 bits per heavy atom. The van der Waals surface area contributed by atoms with Crippen LogP contribution < -0.4 is 5.32 Å². The maximum absolute atomic E-state index is 11.6. The second kappa shape index (κ2) is 4.18. The fourth-order valence-electron chi connectivity index (χ4n) is 1.50. The number of H-pyrrole nitrogens is 1. The van der Waals surface area contributed by atoms with E-state index in [-0.39, 0.29) is 18.2 Å². The number of amides is 1. The molecule has 0 unspecified atom stereocenters. The smallest absolute Gasteiger partial charge is 0.251 e. The van der Waals surface area contributed by atoms with E-state index in [0.717, 1.165) is 10.9 Å². The van der Waals surface area contributed by atoms with Crippen LogP contribution in [0.5, 0.6) is 0 Å². The summed E-state index contributed by atoms with van der Waals surface area (Å²) in [5, 5.41) is 3.54. The highest BCUT2D eigenvalue weighted by atomic mass is 16.2. The van der Waals surface area contributed by atoms with Crippen molar-refractivity contribution in [3.05, 3.63) is 36.0 Å². The Morgan fingerprint density at radius 1 is 1.31 bits per heavy atom. The first kappa shape index (κ1) is 10.4. The molecule has 0 bridgehead atoms. The van der Waals surface area contributed by atoms with Gasteiger partial charge in [-0.3, -0.25) is 9.59 Å². The molecule has 0 aliphatic rings. The molecule has 1 heterocycles. The number of hydrogen-bond acceptors (Lipinski definition) is 2. The van der Waals surface area contributed by atoms with Crippen molar-refractivity contribution in [2.45, 2.75) is 6.92 Å². The molecular weight excluding hydrogens is 204 g/mol. The number of carbonyl (C=O) groups is 2. The molecule has 1 aromatic carbocycles. The maximum atomic E-state index is 11.6. The van der Waals surface area contributed by atoms with Crippen LogP contribution in [-0.4, -0.2) is 23.2 Å². The highest BCUT2D eigenvalue weighted by Crippen LogP contribution is 2.13. The molecule has 4 heteroatoms. The molecule has 0 aliphatic heterocycles. The number of rotatable bonds is 3. The first-order valence-corrected chi connectivity index (χ1v) is 5.01. The Bertz CT molecular complexity index is 543. The van der Waals surface area contributed by atoms with Crippen LogP contribution in [0.3, 0.4) is 0 Å². The number of hydrogen-bond donors (Lipinski definition) is 2. The Balaban J connectivity index is 2.19. The Kier molecular flexibility index (Phi) is 2.72. The molecule has 1 aromatic heterocycles. The summed E-state index contributed by atoms with van der Waals surface area (Å²) in [5.74, 6) is -0.283. The van der Waals surface area contributed by atoms with E-state index in [1.54, 1.807) is 12.1 Å². The monoisotopic (exact) mass is 216 g/mol. The van der Waals surface area contributed by atoms with Gasteiger partial charge in [-0.25, -0.2) is 0 Å². The predicted molar refractivity (Wildman–Crippen MR) is 61.3 cm³/mol. The molecule has 0 radical (unpaired) electrons. The molecule has 0 atom stereocenters. The zero-order valence-corrected chi connectivity index (χ0v) is 8.91. The number of aromatic nitrogens is 1. The zero-order valence-electron chi connectivity index (χ0n) is 8.91. The van der Waals surface area contributed by atoms with Crippen LogP contribution in [0.15, 0.2) is 30.5 Å². The van der Waals surface area contributed by atoms with Gasteiger partial charge in [-0.15, -0.1) is 0 Å². The predicted octanol–water partition coefficient (Wildman–Crippen LogP) is 1.49. The van der Waals surface area contributed by atoms with E-state index < -0.39 is 0 Å². The summed E-state index contributed by atoms with van der Waals surface area (Å²) in [6.45, 7) is 1.51. The second-order valence-electron chi connectivity index (χ2n) is 3.66. The average molecular weight is 216 g/mol. The summed E-state index contributed by atoms with van der Waals surface area (Å²) in [5.41, 5.74) is 1.55. The van der Waals surface area contributed by atoms with Crippen LogP contribution in [0, 0.1) is 0 Å². The van der Waals surface area contributed by atoms with Gasteiger partial charge >= 0.3 is 0 Å². The number of benzene rings is 1. The van der Waals surface area contributed by atoms with Crippen LogP contribution in [0.1, 0.15) is 17.3 Å². The second-order valence-corrected chi connectivity index (χ2v) is 3.66. The van der Waals surface area contributed by atoms with Gasteiger partial charge in [-0.05, 0) is 31.2 Å². The lowest BCUT2D eigenvalue weighted by Crippen LogP contribution is -2.28. The summed E-state index contributed by atoms with van der Waals surface area (Å²) in [6.07, 6.45) is 1.82. The minimum atomic E-state index is -0.224. The fourth-order valence-corrected chi connectivity index (χ4v) is 1.50. The number of ketones is 1. The van der Waals surface area contributed by atoms with Gasteiger partial charge in [0.15, 0.2) is 0 Å². The van der Waals surface area contributed by atoms with Crippen molar-refractivity contribution in [2.24, 2.45) is 0 Å². The van der Waals surface area contributed by atoms with Gasteiger partial charge in [0.25, 0.3) is 5.91 Å². The van der Waals surface area contributed by atoms with E-state index in [1.807, 2.05) is 18.3 Å². The lowest BCUT2D eigenvalue weighted by Gasteiger charge is -2.02. The zero-order chi connectivity index (χ0) is 11.5. The third-order valence-electron chi connectivity index (χ3n) is 2.31. The van der Waals surface area contributed by atoms with Crippen molar-refractivity contribution >= 4 is 22.6 Å².